The van der Waals surface area contributed by atoms with Gasteiger partial charge in [-0.05, 0) is 60.7 Å². The van der Waals surface area contributed by atoms with Crippen molar-refractivity contribution in [2.24, 2.45) is 0 Å². The van der Waals surface area contributed by atoms with E-state index in [2.05, 4.69) is 15.9 Å². The zero-order chi connectivity index (χ0) is 26.9. The Labute approximate surface area is 221 Å². The molecule has 2 amide bonds. The summed E-state index contributed by atoms with van der Waals surface area (Å²) in [6, 6.07) is 13.9. The van der Waals surface area contributed by atoms with Crippen molar-refractivity contribution in [3.8, 4) is 11.5 Å². The Morgan fingerprint density at radius 3 is 2.49 bits per heavy atom. The number of nitro groups is 1. The Balaban J connectivity index is 1.66. The Morgan fingerprint density at radius 2 is 1.81 bits per heavy atom. The molecule has 1 heterocycles. The summed E-state index contributed by atoms with van der Waals surface area (Å²) in [5.41, 5.74) is -0.0189. The molecule has 3 aromatic carbocycles. The summed E-state index contributed by atoms with van der Waals surface area (Å²) in [7, 11) is 0. The van der Waals surface area contributed by atoms with Crippen LogP contribution in [0.5, 0.6) is 11.5 Å². The van der Waals surface area contributed by atoms with Crippen LogP contribution in [0.4, 0.5) is 23.7 Å². The Bertz CT molecular complexity index is 1460. The number of aryl methyl sites for hydroxylation is 1. The van der Waals surface area contributed by atoms with E-state index in [4.69, 9.17) is 4.74 Å². The number of alkyl halides is 3. The Hall–Kier alpha value is -3.64. The minimum atomic E-state index is -4.77. The monoisotopic (exact) mass is 592 g/mol. The second-order valence-corrected chi connectivity index (χ2v) is 9.89. The van der Waals surface area contributed by atoms with E-state index in [1.807, 2.05) is 25.1 Å². The number of ether oxygens (including phenoxy) is 1. The molecule has 1 aliphatic heterocycles. The predicted octanol–water partition coefficient (Wildman–Crippen LogP) is 7.71. The maximum atomic E-state index is 13.0. The van der Waals surface area contributed by atoms with Crippen molar-refractivity contribution in [1.29, 1.82) is 0 Å². The molecule has 37 heavy (non-hydrogen) atoms. The molecule has 3 aromatic rings. The zero-order valence-electron chi connectivity index (χ0n) is 18.9. The van der Waals surface area contributed by atoms with E-state index in [9.17, 15) is 32.9 Å². The molecule has 1 fully saturated rings. The average Bonchev–Trinajstić information content (AvgIpc) is 3.07. The smallest absolute Gasteiger partial charge is 0.416 e. The molecule has 0 bridgehead atoms. The first-order valence-corrected chi connectivity index (χ1v) is 12.2. The van der Waals surface area contributed by atoms with Crippen molar-refractivity contribution in [1.82, 2.24) is 4.90 Å². The number of carbonyl (C=O) groups excluding carboxylic acids is 2. The van der Waals surface area contributed by atoms with Crippen LogP contribution in [-0.2, 0) is 17.5 Å². The van der Waals surface area contributed by atoms with Gasteiger partial charge in [-0.25, -0.2) is 0 Å². The first kappa shape index (κ1) is 26.4. The third-order valence-electron chi connectivity index (χ3n) is 5.26. The lowest BCUT2D eigenvalue weighted by molar-refractivity contribution is -0.385. The van der Waals surface area contributed by atoms with Crippen LogP contribution in [0.15, 0.2) is 70.0 Å². The molecule has 1 aliphatic rings. The number of amides is 2. The number of thioether (sulfide) groups is 1. The van der Waals surface area contributed by atoms with Crippen LogP contribution in [0.1, 0.15) is 22.3 Å². The van der Waals surface area contributed by atoms with Crippen molar-refractivity contribution >= 4 is 50.6 Å². The van der Waals surface area contributed by atoms with Gasteiger partial charge < -0.3 is 4.74 Å². The van der Waals surface area contributed by atoms with Gasteiger partial charge >= 0.3 is 11.9 Å². The molecule has 12 heteroatoms. The molecule has 7 nitrogen and oxygen atoms in total. The summed E-state index contributed by atoms with van der Waals surface area (Å²) >= 11 is 4.03. The minimum absolute atomic E-state index is 0.0385. The van der Waals surface area contributed by atoms with E-state index in [1.165, 1.54) is 12.1 Å². The van der Waals surface area contributed by atoms with Gasteiger partial charge in [-0.3, -0.25) is 24.6 Å². The number of imide groups is 1. The van der Waals surface area contributed by atoms with Crippen LogP contribution >= 0.6 is 27.7 Å². The summed E-state index contributed by atoms with van der Waals surface area (Å²) in [6.45, 7) is 1.98. The number of hydrogen-bond acceptors (Lipinski definition) is 6. The van der Waals surface area contributed by atoms with Crippen molar-refractivity contribution in [2.75, 3.05) is 0 Å². The number of hydrogen-bond donors (Lipinski definition) is 0. The maximum Gasteiger partial charge on any atom is 0.416 e. The molecule has 0 radical (unpaired) electrons. The maximum absolute atomic E-state index is 13.0. The topological polar surface area (TPSA) is 89.8 Å². The van der Waals surface area contributed by atoms with Gasteiger partial charge in [-0.15, -0.1) is 0 Å². The molecule has 190 valence electrons. The van der Waals surface area contributed by atoms with E-state index in [1.54, 1.807) is 18.2 Å². The van der Waals surface area contributed by atoms with Crippen LogP contribution in [-0.4, -0.2) is 21.0 Å². The molecule has 0 N–H and O–H groups in total. The van der Waals surface area contributed by atoms with E-state index in [0.29, 0.717) is 16.6 Å². The van der Waals surface area contributed by atoms with Crippen LogP contribution in [0, 0.1) is 17.0 Å². The van der Waals surface area contributed by atoms with Crippen molar-refractivity contribution in [3.05, 3.63) is 102 Å². The number of nitro benzene ring substituents is 1. The van der Waals surface area contributed by atoms with Crippen LogP contribution in [0.3, 0.4) is 0 Å². The normalized spacial score (nSPS) is 14.9. The van der Waals surface area contributed by atoms with Gasteiger partial charge in [0, 0.05) is 16.1 Å². The first-order valence-electron chi connectivity index (χ1n) is 10.6. The van der Waals surface area contributed by atoms with Crippen LogP contribution in [0.2, 0.25) is 0 Å². The fourth-order valence-corrected chi connectivity index (χ4v) is 4.74. The second-order valence-electron chi connectivity index (χ2n) is 7.98. The number of halogens is 4. The zero-order valence-corrected chi connectivity index (χ0v) is 21.3. The van der Waals surface area contributed by atoms with Gasteiger partial charge in [0.05, 0.1) is 21.9 Å². The summed E-state index contributed by atoms with van der Waals surface area (Å²) in [4.78, 5) is 37.2. The van der Waals surface area contributed by atoms with Gasteiger partial charge in [0.1, 0.15) is 5.75 Å². The number of rotatable bonds is 6. The average molecular weight is 593 g/mol. The molecule has 0 unspecified atom stereocenters. The molecule has 0 saturated carbocycles. The standard InChI is InChI=1S/C25H16BrF3N2O5S/c1-14-3-2-4-15(9-14)13-30-23(32)22(37-24(30)33)11-16-10-18(26)6-8-20(16)36-21-7-5-17(25(27,28)29)12-19(21)31(34)35/h2-12H,13H2,1H3/b22-11+. The highest BCUT2D eigenvalue weighted by Crippen LogP contribution is 2.40. The molecular formula is C25H16BrF3N2O5S. The minimum Gasteiger partial charge on any atom is -0.449 e. The van der Waals surface area contributed by atoms with Gasteiger partial charge in [0.2, 0.25) is 5.75 Å². The van der Waals surface area contributed by atoms with Gasteiger partial charge in [0.15, 0.2) is 0 Å². The Morgan fingerprint density at radius 1 is 1.08 bits per heavy atom. The van der Waals surface area contributed by atoms with E-state index >= 15 is 0 Å². The quantitative estimate of drug-likeness (QED) is 0.165. The summed E-state index contributed by atoms with van der Waals surface area (Å²) in [5.74, 6) is -0.901. The van der Waals surface area contributed by atoms with E-state index < -0.39 is 39.2 Å². The first-order chi connectivity index (χ1) is 17.4. The molecule has 0 aliphatic carbocycles. The van der Waals surface area contributed by atoms with Gasteiger partial charge in [0.25, 0.3) is 11.1 Å². The largest absolute Gasteiger partial charge is 0.449 e. The summed E-state index contributed by atoms with van der Waals surface area (Å²) in [6.07, 6.45) is -3.37. The third-order valence-corrected chi connectivity index (χ3v) is 6.66. The molecule has 0 aromatic heterocycles. The second kappa shape index (κ2) is 10.4. The van der Waals surface area contributed by atoms with E-state index in [-0.39, 0.29) is 22.8 Å². The highest BCUT2D eigenvalue weighted by atomic mass is 79.9. The summed E-state index contributed by atoms with van der Waals surface area (Å²) < 4.78 is 45.3. The lowest BCUT2D eigenvalue weighted by atomic mass is 10.1. The summed E-state index contributed by atoms with van der Waals surface area (Å²) in [5, 5.41) is 11.0. The number of nitrogens with zero attached hydrogens (tertiary/aromatic N) is 2. The van der Waals surface area contributed by atoms with Crippen molar-refractivity contribution < 1.29 is 32.4 Å². The fraction of sp³-hybridized carbons (Fsp3) is 0.120. The Kier molecular flexibility index (Phi) is 7.42. The fourth-order valence-electron chi connectivity index (χ4n) is 3.54. The number of benzene rings is 3. The van der Waals surface area contributed by atoms with Crippen LogP contribution in [0.25, 0.3) is 6.08 Å². The van der Waals surface area contributed by atoms with Gasteiger partial charge in [-0.2, -0.15) is 13.2 Å². The molecule has 4 rings (SSSR count). The lowest BCUT2D eigenvalue weighted by Crippen LogP contribution is -2.27. The SMILES string of the molecule is Cc1cccc(CN2C(=O)S/C(=C/c3cc(Br)ccc3Oc3ccc(C(F)(F)F)cc3[N+](=O)[O-])C2=O)c1. The van der Waals surface area contributed by atoms with Gasteiger partial charge in [-0.1, -0.05) is 45.8 Å². The molecule has 0 atom stereocenters. The highest BCUT2D eigenvalue weighted by Gasteiger charge is 2.36. The molecular weight excluding hydrogens is 577 g/mol. The number of carbonyl (C=O) groups is 2. The van der Waals surface area contributed by atoms with Crippen molar-refractivity contribution in [3.63, 3.8) is 0 Å². The highest BCUT2D eigenvalue weighted by molar-refractivity contribution is 9.10. The molecule has 0 spiro atoms. The lowest BCUT2D eigenvalue weighted by Gasteiger charge is -2.13. The van der Waals surface area contributed by atoms with Crippen molar-refractivity contribution in [2.45, 2.75) is 19.6 Å². The van der Waals surface area contributed by atoms with Crippen LogP contribution < -0.4 is 4.74 Å². The third kappa shape index (κ3) is 6.03. The molecule has 1 saturated heterocycles. The predicted molar refractivity (Wildman–Crippen MR) is 135 cm³/mol. The van der Waals surface area contributed by atoms with E-state index in [0.717, 1.165) is 33.9 Å².